The fourth-order valence-electron chi connectivity index (χ4n) is 3.44. The lowest BCUT2D eigenvalue weighted by Gasteiger charge is -2.22. The van der Waals surface area contributed by atoms with Gasteiger partial charge in [-0.25, -0.2) is 9.78 Å². The van der Waals surface area contributed by atoms with E-state index in [9.17, 15) is 23.1 Å². The largest absolute Gasteiger partial charge is 0.456 e. The second kappa shape index (κ2) is 8.24. The van der Waals surface area contributed by atoms with Gasteiger partial charge in [-0.3, -0.25) is 0 Å². The third-order valence-corrected chi connectivity index (χ3v) is 5.49. The topological polar surface area (TPSA) is 64.3 Å². The Morgan fingerprint density at radius 1 is 1.16 bits per heavy atom. The van der Waals surface area contributed by atoms with Crippen LogP contribution in [0, 0.1) is 13.8 Å². The Morgan fingerprint density at radius 3 is 2.34 bits per heavy atom. The van der Waals surface area contributed by atoms with Crippen molar-refractivity contribution in [2.24, 2.45) is 0 Å². The summed E-state index contributed by atoms with van der Waals surface area (Å²) in [6, 6.07) is 2.03. The third-order valence-electron chi connectivity index (χ3n) is 4.79. The molecule has 0 aliphatic rings. The summed E-state index contributed by atoms with van der Waals surface area (Å²) in [5, 5.41) is 11.1. The first-order chi connectivity index (χ1) is 14.6. The number of aliphatic hydroxyl groups is 1. The molecule has 2 aromatic heterocycles. The molecule has 2 heterocycles. The number of alkyl halides is 3. The number of nitrogens with zero attached hydrogens (tertiary/aromatic N) is 2. The molecule has 0 spiro atoms. The Labute approximate surface area is 192 Å². The van der Waals surface area contributed by atoms with Gasteiger partial charge in [0.15, 0.2) is 6.23 Å². The van der Waals surface area contributed by atoms with Gasteiger partial charge in [0.2, 0.25) is 0 Å². The number of aliphatic hydroxyl groups excluding tert-OH is 1. The Kier molecular flexibility index (Phi) is 6.27. The number of hydrogen-bond acceptors (Lipinski definition) is 4. The van der Waals surface area contributed by atoms with Crippen LogP contribution in [0.25, 0.3) is 10.9 Å². The molecule has 1 unspecified atom stereocenters. The minimum Gasteiger partial charge on any atom is -0.456 e. The molecular weight excluding hydrogens is 468 g/mol. The molecule has 0 radical (unpaired) electrons. The van der Waals surface area contributed by atoms with Crippen molar-refractivity contribution in [1.82, 2.24) is 9.55 Å². The maximum atomic E-state index is 13.3. The van der Waals surface area contributed by atoms with E-state index in [4.69, 9.17) is 27.9 Å². The number of fused-ring (bicyclic) bond motifs is 1. The third kappa shape index (κ3) is 4.58. The predicted molar refractivity (Wildman–Crippen MR) is 116 cm³/mol. The summed E-state index contributed by atoms with van der Waals surface area (Å²) in [5.41, 5.74) is -0.556. The lowest BCUT2D eigenvalue weighted by molar-refractivity contribution is -0.137. The smallest absolute Gasteiger partial charge is 0.416 e. The Morgan fingerprint density at radius 2 is 1.78 bits per heavy atom. The number of carbonyl (C=O) groups excluding carboxylic acids is 1. The van der Waals surface area contributed by atoms with E-state index in [0.29, 0.717) is 22.0 Å². The quantitative estimate of drug-likeness (QED) is 0.338. The molecule has 1 atom stereocenters. The van der Waals surface area contributed by atoms with Gasteiger partial charge in [0.05, 0.1) is 27.2 Å². The molecule has 0 fully saturated rings. The molecule has 0 amide bonds. The monoisotopic (exact) mass is 488 g/mol. The van der Waals surface area contributed by atoms with Gasteiger partial charge in [0, 0.05) is 17.8 Å². The zero-order valence-corrected chi connectivity index (χ0v) is 19.4. The van der Waals surface area contributed by atoms with E-state index < -0.39 is 29.5 Å². The lowest BCUT2D eigenvalue weighted by Crippen LogP contribution is -2.24. The summed E-state index contributed by atoms with van der Waals surface area (Å²) >= 11 is 12.6. The molecule has 3 aromatic rings. The van der Waals surface area contributed by atoms with Crippen molar-refractivity contribution in [3.63, 3.8) is 0 Å². The second-order valence-corrected chi connectivity index (χ2v) is 9.21. The number of rotatable bonds is 3. The van der Waals surface area contributed by atoms with Crippen molar-refractivity contribution in [1.29, 1.82) is 0 Å². The number of esters is 1. The highest BCUT2D eigenvalue weighted by molar-refractivity contribution is 6.37. The van der Waals surface area contributed by atoms with Crippen molar-refractivity contribution in [2.75, 3.05) is 0 Å². The van der Waals surface area contributed by atoms with Crippen molar-refractivity contribution in [3.05, 3.63) is 62.5 Å². The fourth-order valence-corrected chi connectivity index (χ4v) is 4.04. The van der Waals surface area contributed by atoms with Gasteiger partial charge in [-0.2, -0.15) is 13.2 Å². The molecular formula is C22H21Cl2F3N2O3. The molecule has 0 bridgehead atoms. The number of hydrogen-bond donors (Lipinski definition) is 1. The van der Waals surface area contributed by atoms with E-state index in [1.165, 1.54) is 17.7 Å². The maximum Gasteiger partial charge on any atom is 0.416 e. The van der Waals surface area contributed by atoms with Gasteiger partial charge < -0.3 is 14.4 Å². The minimum atomic E-state index is -4.51. The number of aromatic nitrogens is 2. The van der Waals surface area contributed by atoms with Crippen LogP contribution in [0.3, 0.4) is 0 Å². The van der Waals surface area contributed by atoms with Crippen LogP contribution in [0.2, 0.25) is 10.2 Å². The molecule has 172 valence electrons. The highest BCUT2D eigenvalue weighted by Gasteiger charge is 2.33. The maximum absolute atomic E-state index is 13.3. The average molecular weight is 489 g/mol. The van der Waals surface area contributed by atoms with E-state index in [-0.39, 0.29) is 21.3 Å². The molecule has 10 heteroatoms. The van der Waals surface area contributed by atoms with Crippen molar-refractivity contribution in [2.45, 2.75) is 52.6 Å². The van der Waals surface area contributed by atoms with Crippen LogP contribution in [0.5, 0.6) is 0 Å². The number of ether oxygens (including phenoxy) is 1. The zero-order valence-electron chi connectivity index (χ0n) is 17.9. The van der Waals surface area contributed by atoms with Gasteiger partial charge in [-0.05, 0) is 57.9 Å². The summed E-state index contributed by atoms with van der Waals surface area (Å²) in [6.45, 7) is 8.20. The van der Waals surface area contributed by atoms with Gasteiger partial charge >= 0.3 is 12.1 Å². The van der Waals surface area contributed by atoms with Gasteiger partial charge in [0.25, 0.3) is 0 Å². The zero-order chi connectivity index (χ0) is 24.2. The first-order valence-corrected chi connectivity index (χ1v) is 10.3. The van der Waals surface area contributed by atoms with Crippen LogP contribution >= 0.6 is 23.2 Å². The van der Waals surface area contributed by atoms with Crippen molar-refractivity contribution >= 4 is 40.1 Å². The molecule has 1 N–H and O–H groups in total. The van der Waals surface area contributed by atoms with E-state index in [1.807, 2.05) is 0 Å². The van der Waals surface area contributed by atoms with Crippen LogP contribution in [-0.4, -0.2) is 26.2 Å². The molecule has 3 rings (SSSR count). The first-order valence-electron chi connectivity index (χ1n) is 9.56. The van der Waals surface area contributed by atoms with E-state index >= 15 is 0 Å². The van der Waals surface area contributed by atoms with Crippen LogP contribution < -0.4 is 0 Å². The fraction of sp³-hybridized carbons (Fsp3) is 0.364. The average Bonchev–Trinajstić information content (AvgIpc) is 2.97. The second-order valence-electron chi connectivity index (χ2n) is 8.47. The van der Waals surface area contributed by atoms with Gasteiger partial charge in [-0.15, -0.1) is 0 Å². The van der Waals surface area contributed by atoms with Crippen LogP contribution in [0.4, 0.5) is 13.2 Å². The molecule has 0 saturated carbocycles. The Hall–Kier alpha value is -2.29. The number of pyridine rings is 1. The molecule has 0 saturated heterocycles. The molecule has 32 heavy (non-hydrogen) atoms. The normalized spacial score (nSPS) is 13.5. The summed E-state index contributed by atoms with van der Waals surface area (Å²) in [7, 11) is 0. The summed E-state index contributed by atoms with van der Waals surface area (Å²) in [4.78, 5) is 16.5. The van der Waals surface area contributed by atoms with Crippen LogP contribution in [0.1, 0.15) is 59.6 Å². The number of aryl methyl sites for hydroxylation is 2. The summed E-state index contributed by atoms with van der Waals surface area (Å²) in [5.74, 6) is -0.750. The molecule has 0 aliphatic heterocycles. The molecule has 5 nitrogen and oxygen atoms in total. The lowest BCUT2D eigenvalue weighted by atomic mass is 10.0. The van der Waals surface area contributed by atoms with Gasteiger partial charge in [-0.1, -0.05) is 23.2 Å². The Balaban J connectivity index is 2.17. The standard InChI is InChI=1S/C22H21Cl2F3N2O3/c1-10-6-12(22(25,26)27)7-13-11(2)9-29(17(10)13)19(30)15-16(23)14(8-28-18(15)24)20(31)32-21(3,4)5/h6-9,19,30H,1-5H3. The molecule has 1 aromatic carbocycles. The van der Waals surface area contributed by atoms with E-state index in [2.05, 4.69) is 4.98 Å². The number of halogens is 5. The van der Waals surface area contributed by atoms with E-state index in [0.717, 1.165) is 18.3 Å². The van der Waals surface area contributed by atoms with Gasteiger partial charge in [0.1, 0.15) is 10.8 Å². The van der Waals surface area contributed by atoms with Crippen LogP contribution in [-0.2, 0) is 10.9 Å². The van der Waals surface area contributed by atoms with E-state index in [1.54, 1.807) is 27.7 Å². The molecule has 0 aliphatic carbocycles. The minimum absolute atomic E-state index is 0.0621. The van der Waals surface area contributed by atoms with Crippen molar-refractivity contribution < 1.29 is 27.8 Å². The Bertz CT molecular complexity index is 1210. The number of carbonyl (C=O) groups is 1. The summed E-state index contributed by atoms with van der Waals surface area (Å²) < 4.78 is 46.5. The first kappa shape index (κ1) is 24.4. The van der Waals surface area contributed by atoms with Crippen molar-refractivity contribution in [3.8, 4) is 0 Å². The highest BCUT2D eigenvalue weighted by Crippen LogP contribution is 2.39. The number of benzene rings is 1. The summed E-state index contributed by atoms with van der Waals surface area (Å²) in [6.07, 6.45) is -3.38. The van der Waals surface area contributed by atoms with Crippen LogP contribution in [0.15, 0.2) is 24.5 Å². The highest BCUT2D eigenvalue weighted by atomic mass is 35.5. The SMILES string of the molecule is Cc1cn(C(O)c2c(Cl)ncc(C(=O)OC(C)(C)C)c2Cl)c2c(C)cc(C(F)(F)F)cc12. The predicted octanol–water partition coefficient (Wildman–Crippen LogP) is 6.47.